The van der Waals surface area contributed by atoms with Crippen LogP contribution in [-0.4, -0.2) is 31.1 Å². The molecular weight excluding hydrogens is 402 g/mol. The van der Waals surface area contributed by atoms with Crippen LogP contribution in [0.1, 0.15) is 28.1 Å². The van der Waals surface area contributed by atoms with Crippen LogP contribution < -0.4 is 19.5 Å². The van der Waals surface area contributed by atoms with Gasteiger partial charge < -0.3 is 19.5 Å². The number of ether oxygens (including phenoxy) is 3. The molecule has 30 heavy (non-hydrogen) atoms. The number of halogens is 1. The first-order valence-electron chi connectivity index (χ1n) is 9.74. The third-order valence-corrected chi connectivity index (χ3v) is 5.53. The lowest BCUT2D eigenvalue weighted by Crippen LogP contribution is -2.14. The molecule has 7 heteroatoms. The average molecular weight is 430 g/mol. The molecule has 1 aromatic heterocycles. The van der Waals surface area contributed by atoms with Gasteiger partial charge in [-0.2, -0.15) is 5.10 Å². The molecule has 0 fully saturated rings. The van der Waals surface area contributed by atoms with Crippen molar-refractivity contribution in [1.29, 1.82) is 0 Å². The Hall–Kier alpha value is -2.70. The third-order valence-electron chi connectivity index (χ3n) is 5.16. The SMILES string of the molecule is COc1cc(CNCc2c(C)nn(Cc3ccccc3Cl)c2C)cc(OC)c1OC. The molecule has 6 nitrogen and oxygen atoms in total. The Bertz CT molecular complexity index is 992. The van der Waals surface area contributed by atoms with Crippen molar-refractivity contribution in [3.63, 3.8) is 0 Å². The van der Waals surface area contributed by atoms with Crippen LogP contribution in [0.25, 0.3) is 0 Å². The van der Waals surface area contributed by atoms with Gasteiger partial charge in [-0.05, 0) is 43.2 Å². The van der Waals surface area contributed by atoms with Crippen molar-refractivity contribution >= 4 is 11.6 Å². The van der Waals surface area contributed by atoms with Crippen molar-refractivity contribution in [2.24, 2.45) is 0 Å². The van der Waals surface area contributed by atoms with Gasteiger partial charge in [0.05, 0.1) is 33.6 Å². The van der Waals surface area contributed by atoms with Crippen LogP contribution in [0.5, 0.6) is 17.2 Å². The largest absolute Gasteiger partial charge is 0.493 e. The number of nitrogens with one attached hydrogen (secondary N) is 1. The van der Waals surface area contributed by atoms with E-state index in [0.717, 1.165) is 27.5 Å². The summed E-state index contributed by atoms with van der Waals surface area (Å²) in [5, 5.41) is 8.96. The molecule has 0 atom stereocenters. The zero-order valence-electron chi connectivity index (χ0n) is 18.1. The number of rotatable bonds is 9. The van der Waals surface area contributed by atoms with E-state index in [1.807, 2.05) is 48.0 Å². The van der Waals surface area contributed by atoms with E-state index >= 15 is 0 Å². The van der Waals surface area contributed by atoms with Crippen molar-refractivity contribution in [1.82, 2.24) is 15.1 Å². The van der Waals surface area contributed by atoms with Gasteiger partial charge in [0.1, 0.15) is 0 Å². The van der Waals surface area contributed by atoms with E-state index in [1.165, 1.54) is 5.56 Å². The predicted molar refractivity (Wildman–Crippen MR) is 119 cm³/mol. The standard InChI is InChI=1S/C23H28ClN3O3/c1-15-19(16(2)27(26-15)14-18-8-6-7-9-20(18)24)13-25-12-17-10-21(28-3)23(30-5)22(11-17)29-4/h6-11,25H,12-14H2,1-5H3. The fraction of sp³-hybridized carbons (Fsp3) is 0.348. The number of benzene rings is 2. The second-order valence-electron chi connectivity index (χ2n) is 7.04. The number of nitrogens with zero attached hydrogens (tertiary/aromatic N) is 2. The molecule has 0 saturated carbocycles. The monoisotopic (exact) mass is 429 g/mol. The second-order valence-corrected chi connectivity index (χ2v) is 7.44. The summed E-state index contributed by atoms with van der Waals surface area (Å²) in [7, 11) is 4.84. The van der Waals surface area contributed by atoms with Gasteiger partial charge in [-0.25, -0.2) is 0 Å². The molecular formula is C23H28ClN3O3. The number of aryl methyl sites for hydroxylation is 1. The Morgan fingerprint density at radius 3 is 2.23 bits per heavy atom. The van der Waals surface area contributed by atoms with Gasteiger partial charge in [-0.1, -0.05) is 29.8 Å². The minimum Gasteiger partial charge on any atom is -0.493 e. The lowest BCUT2D eigenvalue weighted by Gasteiger charge is -2.14. The quantitative estimate of drug-likeness (QED) is 0.542. The van der Waals surface area contributed by atoms with E-state index < -0.39 is 0 Å². The minimum atomic E-state index is 0.594. The summed E-state index contributed by atoms with van der Waals surface area (Å²) in [4.78, 5) is 0. The Morgan fingerprint density at radius 1 is 0.967 bits per heavy atom. The van der Waals surface area contributed by atoms with Gasteiger partial charge in [0.2, 0.25) is 5.75 Å². The summed E-state index contributed by atoms with van der Waals surface area (Å²) in [6, 6.07) is 11.8. The van der Waals surface area contributed by atoms with E-state index in [4.69, 9.17) is 30.9 Å². The molecule has 0 spiro atoms. The van der Waals surface area contributed by atoms with Gasteiger partial charge in [0.15, 0.2) is 11.5 Å². The van der Waals surface area contributed by atoms with Crippen LogP contribution >= 0.6 is 11.6 Å². The van der Waals surface area contributed by atoms with E-state index in [0.29, 0.717) is 36.9 Å². The molecule has 0 aliphatic rings. The predicted octanol–water partition coefficient (Wildman–Crippen LogP) is 4.52. The summed E-state index contributed by atoms with van der Waals surface area (Å²) >= 11 is 6.31. The molecule has 0 unspecified atom stereocenters. The number of hydrogen-bond acceptors (Lipinski definition) is 5. The van der Waals surface area contributed by atoms with E-state index in [-0.39, 0.29) is 0 Å². The molecule has 0 amide bonds. The number of aromatic nitrogens is 2. The normalized spacial score (nSPS) is 10.9. The molecule has 0 aliphatic carbocycles. The summed E-state index contributed by atoms with van der Waals surface area (Å²) < 4.78 is 18.3. The highest BCUT2D eigenvalue weighted by molar-refractivity contribution is 6.31. The zero-order chi connectivity index (χ0) is 21.7. The first kappa shape index (κ1) is 22.0. The Kier molecular flexibility index (Phi) is 7.24. The second kappa shape index (κ2) is 9.87. The molecule has 0 radical (unpaired) electrons. The molecule has 0 bridgehead atoms. The Labute approximate surface area is 182 Å². The maximum absolute atomic E-state index is 6.31. The molecule has 160 valence electrons. The lowest BCUT2D eigenvalue weighted by atomic mass is 10.1. The van der Waals surface area contributed by atoms with Gasteiger partial charge in [-0.3, -0.25) is 4.68 Å². The van der Waals surface area contributed by atoms with E-state index in [9.17, 15) is 0 Å². The fourth-order valence-electron chi connectivity index (χ4n) is 3.50. The summed E-state index contributed by atoms with van der Waals surface area (Å²) in [5.41, 5.74) is 5.43. The van der Waals surface area contributed by atoms with Crippen LogP contribution in [-0.2, 0) is 19.6 Å². The van der Waals surface area contributed by atoms with Gasteiger partial charge in [0.25, 0.3) is 0 Å². The van der Waals surface area contributed by atoms with Crippen molar-refractivity contribution < 1.29 is 14.2 Å². The Balaban J connectivity index is 1.71. The van der Waals surface area contributed by atoms with Gasteiger partial charge in [0, 0.05) is 29.4 Å². The highest BCUT2D eigenvalue weighted by Crippen LogP contribution is 2.38. The number of hydrogen-bond donors (Lipinski definition) is 1. The van der Waals surface area contributed by atoms with Crippen LogP contribution in [0.15, 0.2) is 36.4 Å². The molecule has 0 aliphatic heterocycles. The highest BCUT2D eigenvalue weighted by Gasteiger charge is 2.15. The summed E-state index contributed by atoms with van der Waals surface area (Å²) in [6.45, 7) is 6.14. The average Bonchev–Trinajstić information content (AvgIpc) is 3.01. The maximum atomic E-state index is 6.31. The van der Waals surface area contributed by atoms with Crippen molar-refractivity contribution in [2.45, 2.75) is 33.5 Å². The van der Waals surface area contributed by atoms with Crippen LogP contribution in [0.2, 0.25) is 5.02 Å². The van der Waals surface area contributed by atoms with Crippen LogP contribution in [0, 0.1) is 13.8 Å². The van der Waals surface area contributed by atoms with Gasteiger partial charge in [-0.15, -0.1) is 0 Å². The molecule has 1 heterocycles. The lowest BCUT2D eigenvalue weighted by molar-refractivity contribution is 0.323. The smallest absolute Gasteiger partial charge is 0.203 e. The molecule has 3 rings (SSSR count). The third kappa shape index (κ3) is 4.71. The number of methoxy groups -OCH3 is 3. The van der Waals surface area contributed by atoms with Crippen LogP contribution in [0.4, 0.5) is 0 Å². The van der Waals surface area contributed by atoms with E-state index in [1.54, 1.807) is 21.3 Å². The fourth-order valence-corrected chi connectivity index (χ4v) is 3.70. The minimum absolute atomic E-state index is 0.594. The van der Waals surface area contributed by atoms with Crippen LogP contribution in [0.3, 0.4) is 0 Å². The molecule has 2 aromatic carbocycles. The van der Waals surface area contributed by atoms with Crippen molar-refractivity contribution in [3.05, 3.63) is 69.5 Å². The molecule has 0 saturated heterocycles. The molecule has 3 aromatic rings. The molecule has 1 N–H and O–H groups in total. The van der Waals surface area contributed by atoms with Crippen molar-refractivity contribution in [2.75, 3.05) is 21.3 Å². The summed E-state index contributed by atoms with van der Waals surface area (Å²) in [5.74, 6) is 1.89. The zero-order valence-corrected chi connectivity index (χ0v) is 18.8. The highest BCUT2D eigenvalue weighted by atomic mass is 35.5. The van der Waals surface area contributed by atoms with E-state index in [2.05, 4.69) is 12.2 Å². The van der Waals surface area contributed by atoms with Gasteiger partial charge >= 0.3 is 0 Å². The topological polar surface area (TPSA) is 57.5 Å². The first-order chi connectivity index (χ1) is 14.5. The van der Waals surface area contributed by atoms with Crippen molar-refractivity contribution in [3.8, 4) is 17.2 Å². The first-order valence-corrected chi connectivity index (χ1v) is 10.1. The Morgan fingerprint density at radius 2 is 1.63 bits per heavy atom. The maximum Gasteiger partial charge on any atom is 0.203 e. The summed E-state index contributed by atoms with van der Waals surface area (Å²) in [6.07, 6.45) is 0.